The molecule has 0 radical (unpaired) electrons. The Bertz CT molecular complexity index is 420. The topological polar surface area (TPSA) is 53.1 Å². The molecule has 2 rings (SSSR count). The Labute approximate surface area is 109 Å². The third kappa shape index (κ3) is 2.84. The third-order valence-corrected chi connectivity index (χ3v) is 4.10. The molecule has 98 valence electrons. The van der Waals surface area contributed by atoms with Crippen LogP contribution in [0.3, 0.4) is 0 Å². The second-order valence-corrected chi connectivity index (χ2v) is 5.49. The van der Waals surface area contributed by atoms with Crippen molar-refractivity contribution in [2.45, 2.75) is 38.6 Å². The van der Waals surface area contributed by atoms with Gasteiger partial charge in [-0.3, -0.25) is 5.41 Å². The van der Waals surface area contributed by atoms with E-state index in [9.17, 15) is 0 Å². The maximum atomic E-state index is 7.50. The smallest absolute Gasteiger partial charge is 0.122 e. The predicted molar refractivity (Wildman–Crippen MR) is 77.3 cm³/mol. The van der Waals surface area contributed by atoms with E-state index in [-0.39, 0.29) is 5.84 Å². The Balaban J connectivity index is 2.10. The summed E-state index contributed by atoms with van der Waals surface area (Å²) in [6.45, 7) is 2.34. The standard InChI is InChI=1S/C15H23N3/c1-11-6-8-13(9-7-11)18(2)14-5-3-4-12(10-14)15(16)17/h3-5,10-11,13H,6-9H2,1-2H3,(H3,16,17). The lowest BCUT2D eigenvalue weighted by atomic mass is 9.86. The van der Waals surface area contributed by atoms with Crippen molar-refractivity contribution in [2.75, 3.05) is 11.9 Å². The van der Waals surface area contributed by atoms with Gasteiger partial charge < -0.3 is 10.6 Å². The first-order valence-electron chi connectivity index (χ1n) is 6.75. The highest BCUT2D eigenvalue weighted by atomic mass is 15.1. The van der Waals surface area contributed by atoms with Crippen LogP contribution in [0, 0.1) is 11.3 Å². The van der Waals surface area contributed by atoms with Crippen LogP contribution in [-0.2, 0) is 0 Å². The van der Waals surface area contributed by atoms with Crippen LogP contribution in [0.15, 0.2) is 24.3 Å². The number of hydrogen-bond acceptors (Lipinski definition) is 2. The Kier molecular flexibility index (Phi) is 3.90. The summed E-state index contributed by atoms with van der Waals surface area (Å²) in [5, 5.41) is 7.50. The van der Waals surface area contributed by atoms with Gasteiger partial charge in [0.2, 0.25) is 0 Å². The average Bonchev–Trinajstić information content (AvgIpc) is 2.39. The molecule has 18 heavy (non-hydrogen) atoms. The third-order valence-electron chi connectivity index (χ3n) is 4.10. The van der Waals surface area contributed by atoms with Crippen molar-refractivity contribution in [1.29, 1.82) is 5.41 Å². The lowest BCUT2D eigenvalue weighted by Crippen LogP contribution is -2.34. The molecule has 0 bridgehead atoms. The first-order chi connectivity index (χ1) is 8.58. The monoisotopic (exact) mass is 245 g/mol. The van der Waals surface area contributed by atoms with Crippen LogP contribution in [0.5, 0.6) is 0 Å². The van der Waals surface area contributed by atoms with Crippen LogP contribution >= 0.6 is 0 Å². The molecule has 0 spiro atoms. The van der Waals surface area contributed by atoms with Gasteiger partial charge in [0, 0.05) is 24.3 Å². The van der Waals surface area contributed by atoms with Gasteiger partial charge >= 0.3 is 0 Å². The zero-order valence-corrected chi connectivity index (χ0v) is 11.3. The van der Waals surface area contributed by atoms with Crippen molar-refractivity contribution in [3.05, 3.63) is 29.8 Å². The highest BCUT2D eigenvalue weighted by Gasteiger charge is 2.22. The van der Waals surface area contributed by atoms with Gasteiger partial charge in [0.1, 0.15) is 5.84 Å². The number of nitrogens with one attached hydrogen (secondary N) is 1. The van der Waals surface area contributed by atoms with Gasteiger partial charge in [0.25, 0.3) is 0 Å². The second-order valence-electron chi connectivity index (χ2n) is 5.49. The van der Waals surface area contributed by atoms with Crippen LogP contribution < -0.4 is 10.6 Å². The normalized spacial score (nSPS) is 23.7. The minimum atomic E-state index is 0.141. The molecular weight excluding hydrogens is 222 g/mol. The summed E-state index contributed by atoms with van der Waals surface area (Å²) in [6, 6.07) is 8.62. The fourth-order valence-electron chi connectivity index (χ4n) is 2.73. The average molecular weight is 245 g/mol. The molecule has 1 aliphatic rings. The predicted octanol–water partition coefficient (Wildman–Crippen LogP) is 2.99. The molecule has 1 fully saturated rings. The Hall–Kier alpha value is -1.51. The molecule has 1 aromatic rings. The van der Waals surface area contributed by atoms with E-state index in [2.05, 4.69) is 24.9 Å². The van der Waals surface area contributed by atoms with E-state index in [0.29, 0.717) is 6.04 Å². The summed E-state index contributed by atoms with van der Waals surface area (Å²) in [7, 11) is 2.15. The molecule has 0 aliphatic heterocycles. The van der Waals surface area contributed by atoms with Gasteiger partial charge in [-0.25, -0.2) is 0 Å². The maximum Gasteiger partial charge on any atom is 0.122 e. The molecule has 1 aliphatic carbocycles. The van der Waals surface area contributed by atoms with Crippen molar-refractivity contribution in [3.8, 4) is 0 Å². The largest absolute Gasteiger partial charge is 0.384 e. The van der Waals surface area contributed by atoms with Crippen molar-refractivity contribution >= 4 is 11.5 Å². The molecule has 0 saturated heterocycles. The summed E-state index contributed by atoms with van der Waals surface area (Å²) in [5.74, 6) is 1.01. The number of nitrogens with zero attached hydrogens (tertiary/aromatic N) is 1. The second kappa shape index (κ2) is 5.42. The van der Waals surface area contributed by atoms with Gasteiger partial charge in [-0.2, -0.15) is 0 Å². The van der Waals surface area contributed by atoms with Crippen LogP contribution in [-0.4, -0.2) is 18.9 Å². The summed E-state index contributed by atoms with van der Waals surface area (Å²) in [6.07, 6.45) is 5.17. The Morgan fingerprint density at radius 2 is 1.94 bits per heavy atom. The fourth-order valence-corrected chi connectivity index (χ4v) is 2.73. The number of hydrogen-bond donors (Lipinski definition) is 2. The fraction of sp³-hybridized carbons (Fsp3) is 0.533. The van der Waals surface area contributed by atoms with Crippen molar-refractivity contribution in [2.24, 2.45) is 11.7 Å². The minimum absolute atomic E-state index is 0.141. The molecule has 0 unspecified atom stereocenters. The van der Waals surface area contributed by atoms with E-state index < -0.39 is 0 Å². The number of anilines is 1. The summed E-state index contributed by atoms with van der Waals surface area (Å²) < 4.78 is 0. The number of rotatable bonds is 3. The lowest BCUT2D eigenvalue weighted by Gasteiger charge is -2.35. The highest BCUT2D eigenvalue weighted by Crippen LogP contribution is 2.29. The molecule has 1 aromatic carbocycles. The first kappa shape index (κ1) is 12.9. The molecule has 3 nitrogen and oxygen atoms in total. The van der Waals surface area contributed by atoms with E-state index >= 15 is 0 Å². The zero-order chi connectivity index (χ0) is 13.1. The SMILES string of the molecule is CC1CCC(N(C)c2cccc(C(=N)N)c2)CC1. The molecular formula is C15H23N3. The molecule has 0 heterocycles. The number of benzene rings is 1. The van der Waals surface area contributed by atoms with E-state index in [1.165, 1.54) is 31.4 Å². The summed E-state index contributed by atoms with van der Waals surface area (Å²) in [4.78, 5) is 2.35. The van der Waals surface area contributed by atoms with Crippen molar-refractivity contribution in [1.82, 2.24) is 0 Å². The molecule has 0 atom stereocenters. The lowest BCUT2D eigenvalue weighted by molar-refractivity contribution is 0.341. The summed E-state index contributed by atoms with van der Waals surface area (Å²) >= 11 is 0. The van der Waals surface area contributed by atoms with Crippen LogP contribution in [0.4, 0.5) is 5.69 Å². The van der Waals surface area contributed by atoms with Crippen LogP contribution in [0.25, 0.3) is 0 Å². The molecule has 3 N–H and O–H groups in total. The Morgan fingerprint density at radius 1 is 1.28 bits per heavy atom. The molecule has 3 heteroatoms. The highest BCUT2D eigenvalue weighted by molar-refractivity contribution is 5.95. The molecule has 0 aromatic heterocycles. The quantitative estimate of drug-likeness (QED) is 0.635. The van der Waals surface area contributed by atoms with E-state index in [4.69, 9.17) is 11.1 Å². The maximum absolute atomic E-state index is 7.50. The first-order valence-corrected chi connectivity index (χ1v) is 6.75. The molecule has 1 saturated carbocycles. The van der Waals surface area contributed by atoms with Crippen molar-refractivity contribution in [3.63, 3.8) is 0 Å². The number of nitrogens with two attached hydrogens (primary N) is 1. The Morgan fingerprint density at radius 3 is 2.56 bits per heavy atom. The number of amidine groups is 1. The van der Waals surface area contributed by atoms with Gasteiger partial charge in [0.05, 0.1) is 0 Å². The van der Waals surface area contributed by atoms with E-state index in [1.54, 1.807) is 0 Å². The number of nitrogen functional groups attached to an aromatic ring is 1. The van der Waals surface area contributed by atoms with Crippen LogP contribution in [0.1, 0.15) is 38.2 Å². The van der Waals surface area contributed by atoms with Gasteiger partial charge in [-0.15, -0.1) is 0 Å². The van der Waals surface area contributed by atoms with E-state index in [0.717, 1.165) is 11.5 Å². The van der Waals surface area contributed by atoms with Gasteiger partial charge in [0.15, 0.2) is 0 Å². The van der Waals surface area contributed by atoms with E-state index in [1.807, 2.05) is 18.2 Å². The van der Waals surface area contributed by atoms with Gasteiger partial charge in [-0.1, -0.05) is 19.1 Å². The minimum Gasteiger partial charge on any atom is -0.384 e. The van der Waals surface area contributed by atoms with Gasteiger partial charge in [-0.05, 0) is 43.7 Å². The van der Waals surface area contributed by atoms with Crippen molar-refractivity contribution < 1.29 is 0 Å². The molecule has 0 amide bonds. The van der Waals surface area contributed by atoms with Crippen LogP contribution in [0.2, 0.25) is 0 Å². The summed E-state index contributed by atoms with van der Waals surface area (Å²) in [5.41, 5.74) is 7.52. The zero-order valence-electron chi connectivity index (χ0n) is 11.3.